The van der Waals surface area contributed by atoms with Crippen molar-refractivity contribution in [2.75, 3.05) is 53.0 Å². The average Bonchev–Trinajstić information content (AvgIpc) is 3.23. The maximum absolute atomic E-state index is 12.5. The van der Waals surface area contributed by atoms with Crippen LogP contribution in [0.2, 0.25) is 0 Å². The predicted octanol–water partition coefficient (Wildman–Crippen LogP) is 1.22. The van der Waals surface area contributed by atoms with Crippen molar-refractivity contribution in [3.05, 3.63) is 30.2 Å². The zero-order chi connectivity index (χ0) is 19.3. The molecule has 1 atom stereocenters. The fourth-order valence-electron chi connectivity index (χ4n) is 3.42. The van der Waals surface area contributed by atoms with Gasteiger partial charge in [-0.25, -0.2) is 0 Å². The first-order valence-corrected chi connectivity index (χ1v) is 9.53. The summed E-state index contributed by atoms with van der Waals surface area (Å²) in [4.78, 5) is 21.1. The second-order valence-electron chi connectivity index (χ2n) is 6.91. The van der Waals surface area contributed by atoms with Crippen molar-refractivity contribution in [1.82, 2.24) is 25.3 Å². The Kier molecular flexibility index (Phi) is 9.32. The van der Waals surface area contributed by atoms with Crippen LogP contribution in [0.25, 0.3) is 11.4 Å². The molecule has 3 heterocycles. The predicted molar refractivity (Wildman–Crippen MR) is 115 cm³/mol. The first kappa shape index (κ1) is 24.4. The molecule has 1 aromatic heterocycles. The molecule has 2 aliphatic heterocycles. The van der Waals surface area contributed by atoms with E-state index in [1.165, 1.54) is 0 Å². The number of carbonyl (C=O) groups excluding carboxylic acids is 1. The van der Waals surface area contributed by atoms with Crippen LogP contribution in [0.1, 0.15) is 5.89 Å². The fourth-order valence-corrected chi connectivity index (χ4v) is 3.42. The van der Waals surface area contributed by atoms with Crippen molar-refractivity contribution in [2.45, 2.75) is 12.6 Å². The molecule has 2 aromatic rings. The van der Waals surface area contributed by atoms with E-state index in [2.05, 4.69) is 20.4 Å². The van der Waals surface area contributed by atoms with E-state index < -0.39 is 0 Å². The molecule has 166 valence electrons. The topological polar surface area (TPSA) is 93.0 Å². The van der Waals surface area contributed by atoms with E-state index in [-0.39, 0.29) is 36.8 Å². The van der Waals surface area contributed by atoms with Crippen LogP contribution < -0.4 is 10.1 Å². The second kappa shape index (κ2) is 11.5. The van der Waals surface area contributed by atoms with Crippen LogP contribution in [0.5, 0.6) is 5.75 Å². The zero-order valence-electron chi connectivity index (χ0n) is 16.8. The van der Waals surface area contributed by atoms with Gasteiger partial charge in [-0.3, -0.25) is 9.69 Å². The molecule has 2 fully saturated rings. The highest BCUT2D eigenvalue weighted by atomic mass is 35.5. The molecule has 0 bridgehead atoms. The number of hydrogen-bond acceptors (Lipinski definition) is 8. The Morgan fingerprint density at radius 2 is 1.93 bits per heavy atom. The van der Waals surface area contributed by atoms with Gasteiger partial charge in [0.05, 0.1) is 20.3 Å². The van der Waals surface area contributed by atoms with Crippen molar-refractivity contribution in [3.8, 4) is 17.1 Å². The lowest BCUT2D eigenvalue weighted by Crippen LogP contribution is -2.54. The van der Waals surface area contributed by atoms with E-state index in [4.69, 9.17) is 14.0 Å². The zero-order valence-corrected chi connectivity index (χ0v) is 18.4. The summed E-state index contributed by atoms with van der Waals surface area (Å²) < 4.78 is 16.1. The fraction of sp³-hybridized carbons (Fsp3) is 0.526. The first-order chi connectivity index (χ1) is 13.7. The number of nitrogens with one attached hydrogen (secondary N) is 1. The van der Waals surface area contributed by atoms with Crippen LogP contribution in [0.15, 0.2) is 28.8 Å². The number of aromatic nitrogens is 2. The number of benzene rings is 1. The van der Waals surface area contributed by atoms with Crippen molar-refractivity contribution in [2.24, 2.45) is 0 Å². The molecule has 1 amide bonds. The lowest BCUT2D eigenvalue weighted by molar-refractivity contribution is -0.147. The number of ether oxygens (including phenoxy) is 2. The molecule has 0 aliphatic carbocycles. The number of morpholine rings is 1. The molecule has 2 aliphatic rings. The number of methoxy groups -OCH3 is 1. The summed E-state index contributed by atoms with van der Waals surface area (Å²) in [7, 11) is 1.63. The largest absolute Gasteiger partial charge is 0.497 e. The summed E-state index contributed by atoms with van der Waals surface area (Å²) in [6.45, 7) is 5.46. The highest BCUT2D eigenvalue weighted by Crippen LogP contribution is 2.20. The number of nitrogens with zero attached hydrogens (tertiary/aromatic N) is 4. The quantitative estimate of drug-likeness (QED) is 0.713. The molecular formula is C19H27Cl2N5O4. The van der Waals surface area contributed by atoms with E-state index in [0.29, 0.717) is 44.5 Å². The van der Waals surface area contributed by atoms with Gasteiger partial charge in [-0.1, -0.05) is 5.16 Å². The van der Waals surface area contributed by atoms with E-state index in [0.717, 1.165) is 30.9 Å². The third-order valence-electron chi connectivity index (χ3n) is 5.06. The van der Waals surface area contributed by atoms with Gasteiger partial charge in [0.2, 0.25) is 11.7 Å². The molecule has 1 aromatic carbocycles. The summed E-state index contributed by atoms with van der Waals surface area (Å²) in [6.07, 6.45) is -0.358. The minimum absolute atomic E-state index is 0. The summed E-state index contributed by atoms with van der Waals surface area (Å²) >= 11 is 0. The van der Waals surface area contributed by atoms with E-state index >= 15 is 0 Å². The Morgan fingerprint density at radius 1 is 1.20 bits per heavy atom. The molecule has 0 radical (unpaired) electrons. The van der Waals surface area contributed by atoms with Gasteiger partial charge in [0, 0.05) is 44.8 Å². The molecule has 1 unspecified atom stereocenters. The average molecular weight is 460 g/mol. The summed E-state index contributed by atoms with van der Waals surface area (Å²) in [5, 5.41) is 7.27. The van der Waals surface area contributed by atoms with E-state index in [1.54, 1.807) is 7.11 Å². The number of halogens is 2. The van der Waals surface area contributed by atoms with E-state index in [9.17, 15) is 4.79 Å². The normalized spacial score (nSPS) is 19.5. The van der Waals surface area contributed by atoms with Crippen LogP contribution in [-0.2, 0) is 16.1 Å². The summed E-state index contributed by atoms with van der Waals surface area (Å²) in [5.74, 6) is 2.00. The Morgan fingerprint density at radius 3 is 2.57 bits per heavy atom. The van der Waals surface area contributed by atoms with Gasteiger partial charge < -0.3 is 24.2 Å². The molecule has 11 heteroatoms. The minimum Gasteiger partial charge on any atom is -0.497 e. The second-order valence-corrected chi connectivity index (χ2v) is 6.91. The lowest BCUT2D eigenvalue weighted by atomic mass is 10.2. The van der Waals surface area contributed by atoms with Crippen molar-refractivity contribution >= 4 is 30.7 Å². The summed E-state index contributed by atoms with van der Waals surface area (Å²) in [5.41, 5.74) is 0.882. The Balaban J connectivity index is 0.00000160. The van der Waals surface area contributed by atoms with Crippen molar-refractivity contribution in [3.63, 3.8) is 0 Å². The Bertz CT molecular complexity index is 790. The minimum atomic E-state index is -0.358. The van der Waals surface area contributed by atoms with Gasteiger partial charge >= 0.3 is 0 Å². The number of piperazine rings is 1. The molecule has 30 heavy (non-hydrogen) atoms. The van der Waals surface area contributed by atoms with Gasteiger partial charge in [-0.05, 0) is 24.3 Å². The maximum atomic E-state index is 12.5. The highest BCUT2D eigenvalue weighted by molar-refractivity contribution is 5.85. The molecule has 0 saturated carbocycles. The number of amides is 1. The molecule has 1 N–H and O–H groups in total. The maximum Gasteiger partial charge on any atom is 0.253 e. The molecule has 9 nitrogen and oxygen atoms in total. The van der Waals surface area contributed by atoms with Gasteiger partial charge in [-0.2, -0.15) is 4.98 Å². The third kappa shape index (κ3) is 5.83. The highest BCUT2D eigenvalue weighted by Gasteiger charge is 2.29. The monoisotopic (exact) mass is 459 g/mol. The number of rotatable bonds is 5. The SMILES string of the molecule is COc1ccc(-c2noc(CN3CCN(C(=O)C4CNCCO4)CC3)n2)cc1.Cl.Cl. The lowest BCUT2D eigenvalue weighted by Gasteiger charge is -2.36. The van der Waals surface area contributed by atoms with Crippen LogP contribution in [0.3, 0.4) is 0 Å². The van der Waals surface area contributed by atoms with Gasteiger partial charge in [-0.15, -0.1) is 24.8 Å². The van der Waals surface area contributed by atoms with Crippen molar-refractivity contribution < 1.29 is 18.8 Å². The molecule has 2 saturated heterocycles. The summed E-state index contributed by atoms with van der Waals surface area (Å²) in [6, 6.07) is 7.54. The van der Waals surface area contributed by atoms with E-state index in [1.807, 2.05) is 29.2 Å². The molecular weight excluding hydrogens is 433 g/mol. The Labute approximate surface area is 187 Å². The van der Waals surface area contributed by atoms with Gasteiger partial charge in [0.25, 0.3) is 5.91 Å². The van der Waals surface area contributed by atoms with Crippen molar-refractivity contribution in [1.29, 1.82) is 0 Å². The number of carbonyl (C=O) groups is 1. The molecule has 0 spiro atoms. The Hall–Kier alpha value is -1.91. The van der Waals surface area contributed by atoms with Crippen LogP contribution >= 0.6 is 24.8 Å². The van der Waals surface area contributed by atoms with Crippen LogP contribution in [-0.4, -0.2) is 84.9 Å². The number of hydrogen-bond donors (Lipinski definition) is 1. The standard InChI is InChI=1S/C19H25N5O4.2ClH/c1-26-15-4-2-14(3-5-15)18-21-17(28-22-18)13-23-7-9-24(10-8-23)19(25)16-12-20-6-11-27-16;;/h2-5,16,20H,6-13H2,1H3;2*1H. The van der Waals surface area contributed by atoms with Crippen LogP contribution in [0.4, 0.5) is 0 Å². The van der Waals surface area contributed by atoms with Crippen LogP contribution in [0, 0.1) is 0 Å². The van der Waals surface area contributed by atoms with Gasteiger partial charge in [0.1, 0.15) is 11.9 Å². The smallest absolute Gasteiger partial charge is 0.253 e. The first-order valence-electron chi connectivity index (χ1n) is 9.53. The van der Waals surface area contributed by atoms with Gasteiger partial charge in [0.15, 0.2) is 0 Å². The molecule has 4 rings (SSSR count). The third-order valence-corrected chi connectivity index (χ3v) is 5.06.